The Bertz CT molecular complexity index is 572. The van der Waals surface area contributed by atoms with E-state index in [0.29, 0.717) is 0 Å². The summed E-state index contributed by atoms with van der Waals surface area (Å²) in [6.07, 6.45) is 9.72. The average molecular weight is 373 g/mol. The molecular weight excluding hydrogens is 340 g/mol. The lowest BCUT2D eigenvalue weighted by Gasteiger charge is -2.06. The van der Waals surface area contributed by atoms with E-state index < -0.39 is 0 Å². The summed E-state index contributed by atoms with van der Waals surface area (Å²) in [5, 5.41) is 0. The smallest absolute Gasteiger partial charge is 0.00723 e. The van der Waals surface area contributed by atoms with Crippen LogP contribution in [0.1, 0.15) is 58.8 Å². The molecule has 0 heterocycles. The van der Waals surface area contributed by atoms with Gasteiger partial charge in [0.05, 0.1) is 0 Å². The van der Waals surface area contributed by atoms with Gasteiger partial charge in [-0.25, -0.2) is 0 Å². The first-order valence-corrected chi connectivity index (χ1v) is 11.8. The molecular formula is C23H32S2. The van der Waals surface area contributed by atoms with E-state index in [0.717, 1.165) is 5.75 Å². The van der Waals surface area contributed by atoms with E-state index in [-0.39, 0.29) is 0 Å². The molecule has 0 aliphatic heterocycles. The Balaban J connectivity index is 1.70. The molecule has 0 spiro atoms. The molecule has 0 radical (unpaired) electrons. The molecule has 2 heteroatoms. The van der Waals surface area contributed by atoms with Crippen LogP contribution in [0.15, 0.2) is 58.3 Å². The Labute approximate surface area is 163 Å². The molecule has 0 aliphatic rings. The Kier molecular flexibility index (Phi) is 10.2. The molecule has 0 aliphatic carbocycles. The van der Waals surface area contributed by atoms with Gasteiger partial charge in [-0.1, -0.05) is 76.6 Å². The predicted molar refractivity (Wildman–Crippen MR) is 117 cm³/mol. The highest BCUT2D eigenvalue weighted by atomic mass is 32.2. The standard InChI is InChI=1S/C23H32S2/c1-3-5-6-7-8-9-10-19-25-23-17-13-21(14-18-23)20-11-15-22(16-12-20)24-4-2/h11-18H,3-10,19H2,1-2H3. The van der Waals surface area contributed by atoms with Gasteiger partial charge in [-0.2, -0.15) is 0 Å². The third-order valence-corrected chi connectivity index (χ3v) is 6.36. The predicted octanol–water partition coefficient (Wildman–Crippen LogP) is 8.31. The third-order valence-electron chi connectivity index (χ3n) is 4.37. The summed E-state index contributed by atoms with van der Waals surface area (Å²) in [5.74, 6) is 2.38. The molecule has 0 saturated heterocycles. The quantitative estimate of drug-likeness (QED) is 0.271. The van der Waals surface area contributed by atoms with Gasteiger partial charge in [0, 0.05) is 9.79 Å². The molecule has 0 bridgehead atoms. The molecule has 0 aromatic heterocycles. The van der Waals surface area contributed by atoms with Gasteiger partial charge in [0.1, 0.15) is 0 Å². The van der Waals surface area contributed by atoms with Crippen LogP contribution in [0.2, 0.25) is 0 Å². The molecule has 0 unspecified atom stereocenters. The number of rotatable bonds is 12. The molecule has 0 saturated carbocycles. The normalized spacial score (nSPS) is 11.0. The van der Waals surface area contributed by atoms with Gasteiger partial charge in [-0.15, -0.1) is 23.5 Å². The molecule has 0 nitrogen and oxygen atoms in total. The molecule has 25 heavy (non-hydrogen) atoms. The fourth-order valence-corrected chi connectivity index (χ4v) is 4.48. The molecule has 0 atom stereocenters. The highest BCUT2D eigenvalue weighted by Gasteiger charge is 2.00. The van der Waals surface area contributed by atoms with Crippen LogP contribution < -0.4 is 0 Å². The van der Waals surface area contributed by atoms with Gasteiger partial charge in [-0.3, -0.25) is 0 Å². The molecule has 0 N–H and O–H groups in total. The zero-order chi connectivity index (χ0) is 17.7. The van der Waals surface area contributed by atoms with Crippen LogP contribution in [0.5, 0.6) is 0 Å². The maximum absolute atomic E-state index is 2.28. The van der Waals surface area contributed by atoms with Crippen LogP contribution in [-0.4, -0.2) is 11.5 Å². The second kappa shape index (κ2) is 12.5. The van der Waals surface area contributed by atoms with Gasteiger partial charge in [-0.05, 0) is 53.3 Å². The lowest BCUT2D eigenvalue weighted by molar-refractivity contribution is 0.603. The topological polar surface area (TPSA) is 0 Å². The number of hydrogen-bond acceptors (Lipinski definition) is 2. The van der Waals surface area contributed by atoms with Crippen molar-refractivity contribution >= 4 is 23.5 Å². The van der Waals surface area contributed by atoms with E-state index >= 15 is 0 Å². The molecule has 136 valence electrons. The van der Waals surface area contributed by atoms with Crippen molar-refractivity contribution < 1.29 is 0 Å². The molecule has 2 rings (SSSR count). The number of hydrogen-bond donors (Lipinski definition) is 0. The summed E-state index contributed by atoms with van der Waals surface area (Å²) >= 11 is 3.89. The van der Waals surface area contributed by atoms with Crippen molar-refractivity contribution in [3.8, 4) is 11.1 Å². The van der Waals surface area contributed by atoms with Crippen molar-refractivity contribution in [2.75, 3.05) is 11.5 Å². The van der Waals surface area contributed by atoms with Crippen molar-refractivity contribution in [2.45, 2.75) is 68.6 Å². The fourth-order valence-electron chi connectivity index (χ4n) is 2.90. The highest BCUT2D eigenvalue weighted by molar-refractivity contribution is 7.99. The van der Waals surface area contributed by atoms with Crippen LogP contribution in [0.3, 0.4) is 0 Å². The zero-order valence-corrected chi connectivity index (χ0v) is 17.4. The van der Waals surface area contributed by atoms with E-state index in [2.05, 4.69) is 62.4 Å². The van der Waals surface area contributed by atoms with Crippen molar-refractivity contribution in [3.05, 3.63) is 48.5 Å². The Morgan fingerprint density at radius 2 is 1.04 bits per heavy atom. The lowest BCUT2D eigenvalue weighted by atomic mass is 10.1. The van der Waals surface area contributed by atoms with E-state index in [9.17, 15) is 0 Å². The molecule has 0 fully saturated rings. The maximum Gasteiger partial charge on any atom is 0.00723 e. The summed E-state index contributed by atoms with van der Waals surface area (Å²) in [4.78, 5) is 2.75. The fraction of sp³-hybridized carbons (Fsp3) is 0.478. The lowest BCUT2D eigenvalue weighted by Crippen LogP contribution is -1.84. The number of unbranched alkanes of at least 4 members (excludes halogenated alkanes) is 6. The number of thioether (sulfide) groups is 2. The Hall–Kier alpha value is -0.860. The van der Waals surface area contributed by atoms with Crippen molar-refractivity contribution in [1.29, 1.82) is 0 Å². The minimum absolute atomic E-state index is 1.13. The highest BCUT2D eigenvalue weighted by Crippen LogP contribution is 2.27. The second-order valence-electron chi connectivity index (χ2n) is 6.45. The van der Waals surface area contributed by atoms with Crippen LogP contribution in [-0.2, 0) is 0 Å². The van der Waals surface area contributed by atoms with Crippen LogP contribution in [0, 0.1) is 0 Å². The van der Waals surface area contributed by atoms with Crippen molar-refractivity contribution in [1.82, 2.24) is 0 Å². The monoisotopic (exact) mass is 372 g/mol. The molecule has 2 aromatic carbocycles. The summed E-state index contributed by atoms with van der Waals surface area (Å²) in [6.45, 7) is 4.48. The maximum atomic E-state index is 2.28. The first-order valence-electron chi connectivity index (χ1n) is 9.79. The third kappa shape index (κ3) is 7.92. The van der Waals surface area contributed by atoms with E-state index in [1.54, 1.807) is 0 Å². The van der Waals surface area contributed by atoms with E-state index in [4.69, 9.17) is 0 Å². The first-order chi connectivity index (χ1) is 12.3. The largest absolute Gasteiger partial charge is 0.126 e. The Morgan fingerprint density at radius 3 is 1.56 bits per heavy atom. The summed E-state index contributed by atoms with van der Waals surface area (Å²) < 4.78 is 0. The zero-order valence-electron chi connectivity index (χ0n) is 15.8. The molecule has 2 aromatic rings. The van der Waals surface area contributed by atoms with Crippen molar-refractivity contribution in [2.24, 2.45) is 0 Å². The van der Waals surface area contributed by atoms with Gasteiger partial charge >= 0.3 is 0 Å². The van der Waals surface area contributed by atoms with Crippen LogP contribution in [0.25, 0.3) is 11.1 Å². The van der Waals surface area contributed by atoms with Crippen LogP contribution in [0.4, 0.5) is 0 Å². The van der Waals surface area contributed by atoms with E-state index in [1.807, 2.05) is 23.5 Å². The Morgan fingerprint density at radius 1 is 0.560 bits per heavy atom. The van der Waals surface area contributed by atoms with Gasteiger partial charge in [0.25, 0.3) is 0 Å². The first kappa shape index (κ1) is 20.5. The van der Waals surface area contributed by atoms with Gasteiger partial charge in [0.15, 0.2) is 0 Å². The average Bonchev–Trinajstić information content (AvgIpc) is 2.65. The van der Waals surface area contributed by atoms with Gasteiger partial charge < -0.3 is 0 Å². The minimum atomic E-state index is 1.13. The van der Waals surface area contributed by atoms with Gasteiger partial charge in [0.2, 0.25) is 0 Å². The van der Waals surface area contributed by atoms with Crippen LogP contribution >= 0.6 is 23.5 Å². The number of benzene rings is 2. The summed E-state index contributed by atoms with van der Waals surface area (Å²) in [6, 6.07) is 18.0. The summed E-state index contributed by atoms with van der Waals surface area (Å²) in [7, 11) is 0. The van der Waals surface area contributed by atoms with Crippen molar-refractivity contribution in [3.63, 3.8) is 0 Å². The minimum Gasteiger partial charge on any atom is -0.126 e. The SMILES string of the molecule is CCCCCCCCCSc1ccc(-c2ccc(SCC)cc2)cc1. The summed E-state index contributed by atoms with van der Waals surface area (Å²) in [5.41, 5.74) is 2.62. The van der Waals surface area contributed by atoms with E-state index in [1.165, 1.54) is 71.6 Å². The second-order valence-corrected chi connectivity index (χ2v) is 8.96. The molecule has 0 amide bonds.